The molecule has 180 valence electrons. The van der Waals surface area contributed by atoms with E-state index >= 15 is 0 Å². The molecular formula is C27H29ClN6O. The van der Waals surface area contributed by atoms with E-state index in [1.165, 1.54) is 24.2 Å². The number of hydrogen-bond acceptors (Lipinski definition) is 4. The number of aromatic nitrogens is 4. The number of anilines is 1. The van der Waals surface area contributed by atoms with Crippen molar-refractivity contribution in [1.29, 1.82) is 0 Å². The molecule has 1 saturated carbocycles. The zero-order valence-corrected chi connectivity index (χ0v) is 20.8. The molecule has 35 heavy (non-hydrogen) atoms. The number of imidazole rings is 1. The Bertz CT molecular complexity index is 1390. The van der Waals surface area contributed by atoms with Gasteiger partial charge in [-0.05, 0) is 55.2 Å². The van der Waals surface area contributed by atoms with Gasteiger partial charge >= 0.3 is 0 Å². The summed E-state index contributed by atoms with van der Waals surface area (Å²) in [5.74, 6) is 0.506. The molecule has 7 nitrogen and oxygen atoms in total. The number of aryl methyl sites for hydroxylation is 2. The molecule has 2 fully saturated rings. The van der Waals surface area contributed by atoms with Gasteiger partial charge in [0.2, 0.25) is 0 Å². The average Bonchev–Trinajstić information content (AvgIpc) is 3.39. The minimum absolute atomic E-state index is 0.140. The summed E-state index contributed by atoms with van der Waals surface area (Å²) >= 11 is 6.16. The minimum Gasteiger partial charge on any atom is -0.370 e. The highest BCUT2D eigenvalue weighted by Crippen LogP contribution is 2.56. The second kappa shape index (κ2) is 8.41. The molecule has 1 N–H and O–H groups in total. The molecule has 0 unspecified atom stereocenters. The lowest BCUT2D eigenvalue weighted by atomic mass is 9.57. The molecule has 2 aliphatic rings. The third kappa shape index (κ3) is 3.88. The van der Waals surface area contributed by atoms with Gasteiger partial charge in [-0.1, -0.05) is 30.7 Å². The summed E-state index contributed by atoms with van der Waals surface area (Å²) in [5.41, 5.74) is 6.20. The third-order valence-corrected chi connectivity index (χ3v) is 7.87. The summed E-state index contributed by atoms with van der Waals surface area (Å²) < 4.78 is 3.79. The van der Waals surface area contributed by atoms with Gasteiger partial charge in [-0.3, -0.25) is 13.9 Å². The van der Waals surface area contributed by atoms with E-state index in [1.807, 2.05) is 30.9 Å². The largest absolute Gasteiger partial charge is 0.370 e. The van der Waals surface area contributed by atoms with Crippen molar-refractivity contribution < 1.29 is 4.79 Å². The SMILES string of the molecule is CCc1nc2ccc(Cl)cn2c1C(=O)NCc1ccc(N2CC3(CC(c4ccnn4C)C3)C2)cc1. The molecule has 4 aromatic rings. The topological polar surface area (TPSA) is 67.5 Å². The molecule has 6 rings (SSSR count). The fourth-order valence-corrected chi connectivity index (χ4v) is 5.99. The number of rotatable bonds is 6. The van der Waals surface area contributed by atoms with Crippen LogP contribution in [0.2, 0.25) is 5.02 Å². The number of hydrogen-bond donors (Lipinski definition) is 1. The van der Waals surface area contributed by atoms with E-state index in [1.54, 1.807) is 16.7 Å². The van der Waals surface area contributed by atoms with Gasteiger partial charge in [0.15, 0.2) is 0 Å². The highest BCUT2D eigenvalue weighted by molar-refractivity contribution is 6.30. The number of fused-ring (bicyclic) bond motifs is 1. The second-order valence-corrected chi connectivity index (χ2v) is 10.5. The lowest BCUT2D eigenvalue weighted by Gasteiger charge is -2.60. The molecule has 1 amide bonds. The molecule has 0 atom stereocenters. The van der Waals surface area contributed by atoms with E-state index in [2.05, 4.69) is 50.6 Å². The van der Waals surface area contributed by atoms with Crippen LogP contribution < -0.4 is 10.2 Å². The van der Waals surface area contributed by atoms with Gasteiger partial charge < -0.3 is 10.2 Å². The lowest BCUT2D eigenvalue weighted by Crippen LogP contribution is -2.62. The summed E-state index contributed by atoms with van der Waals surface area (Å²) in [6.07, 6.45) is 6.82. The smallest absolute Gasteiger partial charge is 0.270 e. The number of carbonyl (C=O) groups is 1. The van der Waals surface area contributed by atoms with Crippen LogP contribution in [0.4, 0.5) is 5.69 Å². The van der Waals surface area contributed by atoms with Crippen LogP contribution in [0.1, 0.15) is 53.1 Å². The van der Waals surface area contributed by atoms with Gasteiger partial charge in [-0.25, -0.2) is 4.98 Å². The maximum absolute atomic E-state index is 13.0. The van der Waals surface area contributed by atoms with Gasteiger partial charge in [0.05, 0.1) is 10.7 Å². The monoisotopic (exact) mass is 488 g/mol. The molecule has 1 spiro atoms. The van der Waals surface area contributed by atoms with E-state index in [9.17, 15) is 4.79 Å². The van der Waals surface area contributed by atoms with E-state index in [0.29, 0.717) is 35.0 Å². The molecule has 1 aliphatic carbocycles. The number of carbonyl (C=O) groups excluding carboxylic acids is 1. The van der Waals surface area contributed by atoms with Crippen molar-refractivity contribution in [2.75, 3.05) is 18.0 Å². The van der Waals surface area contributed by atoms with Crippen LogP contribution in [0.3, 0.4) is 0 Å². The summed E-state index contributed by atoms with van der Waals surface area (Å²) in [6, 6.07) is 14.3. The number of nitrogens with zero attached hydrogens (tertiary/aromatic N) is 5. The maximum Gasteiger partial charge on any atom is 0.270 e. The Labute approximate surface area is 209 Å². The zero-order chi connectivity index (χ0) is 24.2. The van der Waals surface area contributed by atoms with Crippen LogP contribution in [0.5, 0.6) is 0 Å². The molecule has 3 aromatic heterocycles. The van der Waals surface area contributed by atoms with Crippen molar-refractivity contribution in [3.05, 3.63) is 82.5 Å². The van der Waals surface area contributed by atoms with E-state index in [-0.39, 0.29) is 5.91 Å². The normalized spacial score (nSPS) is 16.9. The van der Waals surface area contributed by atoms with Crippen molar-refractivity contribution in [1.82, 2.24) is 24.5 Å². The van der Waals surface area contributed by atoms with Crippen molar-refractivity contribution in [3.63, 3.8) is 0 Å². The van der Waals surface area contributed by atoms with Crippen LogP contribution in [-0.2, 0) is 20.0 Å². The average molecular weight is 489 g/mol. The van der Waals surface area contributed by atoms with Gasteiger partial charge in [0.1, 0.15) is 11.3 Å². The number of amides is 1. The Morgan fingerprint density at radius 2 is 1.91 bits per heavy atom. The number of halogens is 1. The molecule has 8 heteroatoms. The Balaban J connectivity index is 1.06. The van der Waals surface area contributed by atoms with Crippen LogP contribution in [0.15, 0.2) is 54.9 Å². The maximum atomic E-state index is 13.0. The standard InChI is InChI=1S/C27H29ClN6O/c1-3-22-25(34-15-20(28)6-9-24(34)31-22)26(35)29-14-18-4-7-21(8-5-18)33-16-27(17-33)12-19(13-27)23-10-11-30-32(23)2/h4-11,15,19H,3,12-14,16-17H2,1-2H3,(H,29,35). The third-order valence-electron chi connectivity index (χ3n) is 7.65. The van der Waals surface area contributed by atoms with Gasteiger partial charge in [-0.15, -0.1) is 0 Å². The Morgan fingerprint density at radius 1 is 1.14 bits per heavy atom. The predicted molar refractivity (Wildman–Crippen MR) is 137 cm³/mol. The van der Waals surface area contributed by atoms with E-state index in [0.717, 1.165) is 30.0 Å². The number of nitrogens with one attached hydrogen (secondary N) is 1. The molecule has 0 bridgehead atoms. The quantitative estimate of drug-likeness (QED) is 0.431. The van der Waals surface area contributed by atoms with Gasteiger partial charge in [0.25, 0.3) is 5.91 Å². The van der Waals surface area contributed by atoms with Crippen molar-refractivity contribution >= 4 is 28.8 Å². The van der Waals surface area contributed by atoms with Crippen LogP contribution in [0.25, 0.3) is 5.65 Å². The highest BCUT2D eigenvalue weighted by Gasteiger charge is 2.53. The minimum atomic E-state index is -0.140. The zero-order valence-electron chi connectivity index (χ0n) is 20.0. The van der Waals surface area contributed by atoms with Gasteiger partial charge in [-0.2, -0.15) is 5.10 Å². The first-order valence-corrected chi connectivity index (χ1v) is 12.6. The van der Waals surface area contributed by atoms with Crippen LogP contribution in [-0.4, -0.2) is 38.2 Å². The Morgan fingerprint density at radius 3 is 2.60 bits per heavy atom. The van der Waals surface area contributed by atoms with Gasteiger partial charge in [0, 0.05) is 61.8 Å². The fourth-order valence-electron chi connectivity index (χ4n) is 5.83. The summed E-state index contributed by atoms with van der Waals surface area (Å²) in [5, 5.41) is 7.95. The molecular weight excluding hydrogens is 460 g/mol. The fraction of sp³-hybridized carbons (Fsp3) is 0.370. The summed E-state index contributed by atoms with van der Waals surface area (Å²) in [4.78, 5) is 20.1. The predicted octanol–water partition coefficient (Wildman–Crippen LogP) is 4.60. The van der Waals surface area contributed by atoms with Crippen molar-refractivity contribution in [2.24, 2.45) is 12.5 Å². The lowest BCUT2D eigenvalue weighted by molar-refractivity contribution is 0.0599. The van der Waals surface area contributed by atoms with Crippen molar-refractivity contribution in [3.8, 4) is 0 Å². The molecule has 1 aliphatic heterocycles. The summed E-state index contributed by atoms with van der Waals surface area (Å²) in [6.45, 7) is 4.70. The molecule has 1 saturated heterocycles. The number of pyridine rings is 1. The first kappa shape index (κ1) is 22.2. The van der Waals surface area contributed by atoms with E-state index in [4.69, 9.17) is 11.6 Å². The highest BCUT2D eigenvalue weighted by atomic mass is 35.5. The summed E-state index contributed by atoms with van der Waals surface area (Å²) in [7, 11) is 2.04. The molecule has 0 radical (unpaired) electrons. The van der Waals surface area contributed by atoms with Crippen LogP contribution in [0, 0.1) is 5.41 Å². The van der Waals surface area contributed by atoms with Crippen LogP contribution >= 0.6 is 11.6 Å². The Kier molecular flexibility index (Phi) is 5.33. The molecule has 1 aromatic carbocycles. The first-order chi connectivity index (χ1) is 16.9. The van der Waals surface area contributed by atoms with E-state index < -0.39 is 0 Å². The second-order valence-electron chi connectivity index (χ2n) is 10.0. The Hall–Kier alpha value is -3.32. The molecule has 4 heterocycles. The number of benzene rings is 1. The van der Waals surface area contributed by atoms with Crippen molar-refractivity contribution in [2.45, 2.75) is 38.6 Å². The first-order valence-electron chi connectivity index (χ1n) is 12.2.